The molecule has 3 aromatic rings. The molecule has 0 fully saturated rings. The molecule has 0 saturated carbocycles. The van der Waals surface area contributed by atoms with Gasteiger partial charge in [0.1, 0.15) is 0 Å². The van der Waals surface area contributed by atoms with Crippen molar-refractivity contribution >= 4 is 33.3 Å². The molecule has 0 spiro atoms. The minimum atomic E-state index is -2.36. The highest BCUT2D eigenvalue weighted by atomic mass is 32.2. The van der Waals surface area contributed by atoms with Crippen LogP contribution in [0.1, 0.15) is 22.8 Å². The fourth-order valence-electron chi connectivity index (χ4n) is 3.44. The number of hydrogen-bond donors (Lipinski definition) is 3. The van der Waals surface area contributed by atoms with Crippen LogP contribution < -0.4 is 5.14 Å². The maximum atomic E-state index is 8.78. The van der Waals surface area contributed by atoms with Crippen molar-refractivity contribution in [1.29, 1.82) is 0 Å². The van der Waals surface area contributed by atoms with E-state index in [0.717, 1.165) is 70.5 Å². The smallest absolute Gasteiger partial charge is 0.0431 e. The number of H-pyrrole nitrogens is 2. The Balaban J connectivity index is 0.000000442. The molecule has 0 aromatic carbocycles. The molecule has 4 N–H and O–H groups in total. The molecule has 1 atom stereocenters. The van der Waals surface area contributed by atoms with E-state index < -0.39 is 11.3 Å². The topological polar surface area (TPSA) is 124 Å². The molecule has 28 heavy (non-hydrogen) atoms. The van der Waals surface area contributed by atoms with Gasteiger partial charge < -0.3 is 14.5 Å². The second-order valence-electron chi connectivity index (χ2n) is 6.76. The van der Waals surface area contributed by atoms with Crippen LogP contribution in [0.25, 0.3) is 22.1 Å². The summed E-state index contributed by atoms with van der Waals surface area (Å²) in [5.41, 5.74) is 8.94. The summed E-state index contributed by atoms with van der Waals surface area (Å²) in [5, 5.41) is 4.03. The van der Waals surface area contributed by atoms with E-state index in [1.165, 1.54) is 0 Å². The van der Waals surface area contributed by atoms with Gasteiger partial charge in [0.15, 0.2) is 0 Å². The minimum Gasteiger partial charge on any atom is -0.760 e. The lowest BCUT2D eigenvalue weighted by molar-refractivity contribution is 0.539. The van der Waals surface area contributed by atoms with Crippen LogP contribution in [0.5, 0.6) is 0 Å². The van der Waals surface area contributed by atoms with Gasteiger partial charge >= 0.3 is 0 Å². The summed E-state index contributed by atoms with van der Waals surface area (Å²) in [4.78, 5) is 16.4. The predicted molar refractivity (Wildman–Crippen MR) is 109 cm³/mol. The van der Waals surface area contributed by atoms with Gasteiger partial charge in [-0.1, -0.05) is 0 Å². The lowest BCUT2D eigenvalue weighted by Gasteiger charge is -1.85. The molecule has 144 valence electrons. The highest BCUT2D eigenvalue weighted by Gasteiger charge is 2.07. The molecule has 0 radical (unpaired) electrons. The quantitative estimate of drug-likeness (QED) is 0.507. The molecule has 0 amide bonds. The standard InChI is InChI=1S/C20H18N4.H3NO2S/c1-2-14-10-16-5-6-18(23-16)12-20-8-7-19(24-20)11-17-4-3-15(22-17)9-13(1)21-14;1-4(2)3/h1-2,7-12,21,24H,3-6H2;1H2,(H,2,3)/p-1. The molecule has 5 heterocycles. The van der Waals surface area contributed by atoms with Gasteiger partial charge in [-0.2, -0.15) is 0 Å². The Morgan fingerprint density at radius 3 is 1.21 bits per heavy atom. The molecule has 1 unspecified atom stereocenters. The molecule has 8 heteroatoms. The van der Waals surface area contributed by atoms with E-state index in [0.29, 0.717) is 0 Å². The van der Waals surface area contributed by atoms with Crippen LogP contribution in [-0.2, 0) is 36.9 Å². The zero-order chi connectivity index (χ0) is 19.5. The Hall–Kier alpha value is -2.81. The van der Waals surface area contributed by atoms with Gasteiger partial charge in [-0.3, -0.25) is 19.3 Å². The average molecular weight is 394 g/mol. The fourth-order valence-corrected chi connectivity index (χ4v) is 3.44. The summed E-state index contributed by atoms with van der Waals surface area (Å²) in [6, 6.07) is 17.0. The van der Waals surface area contributed by atoms with E-state index in [-0.39, 0.29) is 0 Å². The normalized spacial score (nSPS) is 14.2. The summed E-state index contributed by atoms with van der Waals surface area (Å²) < 4.78 is 17.6. The first kappa shape index (κ1) is 18.5. The molecule has 0 saturated heterocycles. The van der Waals surface area contributed by atoms with Crippen LogP contribution >= 0.6 is 0 Å². The zero-order valence-electron chi connectivity index (χ0n) is 15.1. The molecule has 0 aliphatic carbocycles. The van der Waals surface area contributed by atoms with Crippen molar-refractivity contribution in [2.45, 2.75) is 25.7 Å². The first-order valence-corrected chi connectivity index (χ1v) is 10.1. The first-order valence-electron chi connectivity index (χ1n) is 9.01. The Labute approximate surface area is 164 Å². The van der Waals surface area contributed by atoms with Gasteiger partial charge in [0, 0.05) is 56.1 Å². The van der Waals surface area contributed by atoms with E-state index >= 15 is 0 Å². The molecule has 8 bridgehead atoms. The summed E-state index contributed by atoms with van der Waals surface area (Å²) in [5.74, 6) is 0. The van der Waals surface area contributed by atoms with Crippen molar-refractivity contribution in [3.63, 3.8) is 0 Å². The van der Waals surface area contributed by atoms with Crippen LogP contribution in [-0.4, -0.2) is 28.7 Å². The van der Waals surface area contributed by atoms with Crippen LogP contribution in [0.15, 0.2) is 48.5 Å². The van der Waals surface area contributed by atoms with Gasteiger partial charge in [0.05, 0.1) is 0 Å². The second-order valence-corrected chi connectivity index (χ2v) is 7.29. The van der Waals surface area contributed by atoms with E-state index in [2.05, 4.69) is 63.6 Å². The lowest BCUT2D eigenvalue weighted by atomic mass is 10.2. The van der Waals surface area contributed by atoms with Crippen molar-refractivity contribution in [2.75, 3.05) is 0 Å². The molecular weight excluding hydrogens is 374 g/mol. The minimum absolute atomic E-state index is 0.994. The van der Waals surface area contributed by atoms with Crippen molar-refractivity contribution in [3.05, 3.63) is 71.3 Å². The highest BCUT2D eigenvalue weighted by molar-refractivity contribution is 7.76. The number of fused-ring (bicyclic) bond motifs is 8. The van der Waals surface area contributed by atoms with Crippen LogP contribution in [0.2, 0.25) is 0 Å². The van der Waals surface area contributed by atoms with E-state index in [1.807, 2.05) is 0 Å². The largest absolute Gasteiger partial charge is 0.760 e. The molecule has 2 aliphatic heterocycles. The van der Waals surface area contributed by atoms with Crippen molar-refractivity contribution in [3.8, 4) is 0 Å². The summed E-state index contributed by atoms with van der Waals surface area (Å²) in [6.45, 7) is 0. The van der Waals surface area contributed by atoms with Gasteiger partial charge in [0.25, 0.3) is 0 Å². The number of nitrogens with one attached hydrogen (secondary N) is 2. The van der Waals surface area contributed by atoms with Gasteiger partial charge in [-0.25, -0.2) is 0 Å². The third-order valence-electron chi connectivity index (χ3n) is 4.60. The maximum Gasteiger partial charge on any atom is 0.0431 e. The van der Waals surface area contributed by atoms with Crippen molar-refractivity contribution in [2.24, 2.45) is 5.14 Å². The van der Waals surface area contributed by atoms with E-state index in [1.54, 1.807) is 0 Å². The average Bonchev–Trinajstić information content (AvgIpc) is 3.39. The number of rotatable bonds is 0. The number of nitrogens with two attached hydrogens (primary N) is 1. The number of nitrogens with zero attached hydrogens (tertiary/aromatic N) is 2. The zero-order valence-corrected chi connectivity index (χ0v) is 16.0. The number of aryl methyl sites for hydroxylation is 4. The van der Waals surface area contributed by atoms with Crippen LogP contribution in [0.4, 0.5) is 0 Å². The SMILES string of the molecule is NS(=O)[O-].c1cc2cc3nc(cc4ccc(cc5nc(cc1[nH]2)CC5)[nH]4)CC3. The Morgan fingerprint density at radius 2 is 0.964 bits per heavy atom. The molecule has 3 aromatic heterocycles. The van der Waals surface area contributed by atoms with Gasteiger partial charge in [0.2, 0.25) is 0 Å². The highest BCUT2D eigenvalue weighted by Crippen LogP contribution is 2.16. The van der Waals surface area contributed by atoms with Crippen LogP contribution in [0.3, 0.4) is 0 Å². The molecular formula is C20H20N5O2S-. The molecule has 7 nitrogen and oxygen atoms in total. The number of aromatic amines is 2. The first-order chi connectivity index (χ1) is 13.5. The van der Waals surface area contributed by atoms with Gasteiger partial charge in [-0.05, 0) is 74.2 Å². The monoisotopic (exact) mass is 394 g/mol. The van der Waals surface area contributed by atoms with Crippen molar-refractivity contribution < 1.29 is 8.76 Å². The maximum absolute atomic E-state index is 8.78. The van der Waals surface area contributed by atoms with Gasteiger partial charge in [-0.15, -0.1) is 0 Å². The third kappa shape index (κ3) is 4.72. The van der Waals surface area contributed by atoms with E-state index in [4.69, 9.17) is 18.7 Å². The third-order valence-corrected chi connectivity index (χ3v) is 4.60. The molecule has 5 rings (SSSR count). The Bertz CT molecular complexity index is 1010. The predicted octanol–water partition coefficient (Wildman–Crippen LogP) is 2.62. The lowest BCUT2D eigenvalue weighted by Crippen LogP contribution is -1.97. The Kier molecular flexibility index (Phi) is 5.34. The number of aromatic nitrogens is 4. The Morgan fingerprint density at radius 1 is 0.714 bits per heavy atom. The van der Waals surface area contributed by atoms with E-state index in [9.17, 15) is 0 Å². The van der Waals surface area contributed by atoms with Crippen LogP contribution in [0, 0.1) is 0 Å². The second kappa shape index (κ2) is 8.05. The van der Waals surface area contributed by atoms with Crippen molar-refractivity contribution in [1.82, 2.24) is 19.9 Å². The fraction of sp³-hybridized carbons (Fsp3) is 0.200. The summed E-state index contributed by atoms with van der Waals surface area (Å²) in [7, 11) is 0. The molecule has 2 aliphatic rings. The number of hydrogen-bond acceptors (Lipinski definition) is 4. The summed E-state index contributed by atoms with van der Waals surface area (Å²) in [6.07, 6.45) is 3.98. The summed E-state index contributed by atoms with van der Waals surface area (Å²) >= 11 is -2.36.